The molecule has 77 heavy (non-hydrogen) atoms. The summed E-state index contributed by atoms with van der Waals surface area (Å²) in [5, 5.41) is 4.58. The molecule has 0 atom stereocenters. The Bertz CT molecular complexity index is 2520. The molecule has 1 nitrogen and oxygen atoms in total. The van der Waals surface area contributed by atoms with Gasteiger partial charge < -0.3 is 4.12 Å². The van der Waals surface area contributed by atoms with Crippen molar-refractivity contribution >= 4 is 47.8 Å². The maximum absolute atomic E-state index is 14.4. The molecule has 0 fully saturated rings. The van der Waals surface area contributed by atoms with Crippen LogP contribution in [-0.2, 0) is 17.0 Å². The molecule has 0 N–H and O–H groups in total. The van der Waals surface area contributed by atoms with Gasteiger partial charge >= 0.3 is 47.9 Å². The molecule has 6 rings (SSSR count). The summed E-state index contributed by atoms with van der Waals surface area (Å²) >= 11 is 0. The van der Waals surface area contributed by atoms with Crippen LogP contribution in [0, 0.1) is 0 Å². The minimum Gasteiger partial charge on any atom is -0.435 e. The van der Waals surface area contributed by atoms with E-state index >= 15 is 0 Å². The van der Waals surface area contributed by atoms with Gasteiger partial charge in [0.1, 0.15) is 0 Å². The van der Waals surface area contributed by atoms with E-state index in [1.807, 2.05) is 158 Å². The molecule has 0 amide bonds. The van der Waals surface area contributed by atoms with Gasteiger partial charge in [-0.2, -0.15) is 79.0 Å². The Morgan fingerprint density at radius 1 is 0.273 bits per heavy atom. The summed E-state index contributed by atoms with van der Waals surface area (Å²) in [6.07, 6.45) is -18.6. The molecule has 21 heteroatoms. The molecule has 0 radical (unpaired) electrons. The van der Waals surface area contributed by atoms with Crippen LogP contribution in [0.3, 0.4) is 0 Å². The Kier molecular flexibility index (Phi) is 18.8. The van der Waals surface area contributed by atoms with Gasteiger partial charge in [-0.3, -0.25) is 0 Å². The maximum Gasteiger partial charge on any atom is 0.460 e. The number of alkyl halides is 18. The molecule has 6 aromatic rings. The van der Waals surface area contributed by atoms with Gasteiger partial charge in [0.15, 0.2) is 0 Å². The highest BCUT2D eigenvalue weighted by atomic mass is 28.4. The molecule has 0 bridgehead atoms. The van der Waals surface area contributed by atoms with Crippen LogP contribution in [0.15, 0.2) is 170 Å². The van der Waals surface area contributed by atoms with Gasteiger partial charge in [0.05, 0.1) is 0 Å². The van der Waals surface area contributed by atoms with Crippen molar-refractivity contribution in [2.24, 2.45) is 0 Å². The van der Waals surface area contributed by atoms with E-state index in [-0.39, 0.29) is 51.4 Å². The number of hydrogen-bond donors (Lipinski definition) is 0. The van der Waals surface area contributed by atoms with E-state index in [4.69, 9.17) is 4.12 Å². The average Bonchev–Trinajstić information content (AvgIpc) is 3.48. The molecule has 0 heterocycles. The van der Waals surface area contributed by atoms with Crippen LogP contribution in [0.5, 0.6) is 0 Å². The number of unbranched alkanes of at least 4 members (excludes halogenated alkanes) is 6. The molecule has 0 aliphatic carbocycles. The summed E-state index contributed by atoms with van der Waals surface area (Å²) in [6, 6.07) is 52.2. The van der Waals surface area contributed by atoms with E-state index in [9.17, 15) is 79.0 Å². The lowest BCUT2D eigenvalue weighted by Crippen LogP contribution is -2.81. The van der Waals surface area contributed by atoms with Crippen molar-refractivity contribution in [3.63, 3.8) is 0 Å². The molecule has 0 aliphatic rings. The van der Waals surface area contributed by atoms with E-state index in [1.54, 1.807) is 12.1 Å². The smallest absolute Gasteiger partial charge is 0.435 e. The van der Waals surface area contributed by atoms with Crippen LogP contribution >= 0.6 is 0 Å². The molecule has 416 valence electrons. The molecule has 0 spiro atoms. The van der Waals surface area contributed by atoms with Gasteiger partial charge in [0, 0.05) is 12.8 Å². The van der Waals surface area contributed by atoms with E-state index in [0.29, 0.717) is 0 Å². The van der Waals surface area contributed by atoms with E-state index < -0.39 is 90.2 Å². The van der Waals surface area contributed by atoms with Gasteiger partial charge in [0.2, 0.25) is 0 Å². The van der Waals surface area contributed by atoms with Gasteiger partial charge in [-0.1, -0.05) is 196 Å². The third-order valence-electron chi connectivity index (χ3n) is 13.6. The number of benzene rings is 6. The first-order valence-electron chi connectivity index (χ1n) is 24.5. The predicted molar refractivity (Wildman–Crippen MR) is 264 cm³/mol. The lowest BCUT2D eigenvalue weighted by Gasteiger charge is -2.45. The molecular formula is C56H52F18OSi2. The third kappa shape index (κ3) is 12.2. The normalized spacial score (nSPS) is 13.7. The summed E-state index contributed by atoms with van der Waals surface area (Å²) in [5.41, 5.74) is 1.47. The van der Waals surface area contributed by atoms with Crippen LogP contribution in [-0.4, -0.2) is 64.5 Å². The van der Waals surface area contributed by atoms with Crippen molar-refractivity contribution in [2.75, 3.05) is 0 Å². The zero-order valence-corrected chi connectivity index (χ0v) is 42.9. The standard InChI is InChI=1S/C56H52F18OSi2/c57-49(58,51(61,62)53(65,66)55(69,70)71)39-23-3-1-9-25-41-27-19-21-37-47(41)76(43-29-11-5-12-30-43,44-31-13-6-14-32-44)75-77(45-33-15-7-16-34-45,46-35-17-8-18-36-46)48-38-22-20-28-42(48)26-10-2-4-24-40-50(59,60)52(63,64)54(67,68)56(72,73)74/h5-8,11-22,27-38H,1-4,9-10,23-26,39-40H2. The highest BCUT2D eigenvalue weighted by Gasteiger charge is 2.82. The first-order valence-corrected chi connectivity index (χ1v) is 28.3. The van der Waals surface area contributed by atoms with Crippen LogP contribution in [0.25, 0.3) is 0 Å². The van der Waals surface area contributed by atoms with E-state index in [2.05, 4.69) is 0 Å². The largest absolute Gasteiger partial charge is 0.460 e. The lowest BCUT2D eigenvalue weighted by molar-refractivity contribution is -0.396. The molecule has 0 saturated heterocycles. The molecular weight excluding hydrogens is 1090 g/mol. The molecule has 6 aromatic carbocycles. The molecule has 0 aliphatic heterocycles. The quantitative estimate of drug-likeness (QED) is 0.0228. The van der Waals surface area contributed by atoms with Crippen molar-refractivity contribution in [2.45, 2.75) is 125 Å². The van der Waals surface area contributed by atoms with Crippen LogP contribution < -0.4 is 31.1 Å². The van der Waals surface area contributed by atoms with Crippen molar-refractivity contribution in [3.05, 3.63) is 181 Å². The Labute approximate surface area is 435 Å². The first-order chi connectivity index (χ1) is 36.0. The van der Waals surface area contributed by atoms with Gasteiger partial charge in [-0.25, -0.2) is 0 Å². The fraction of sp³-hybridized carbons (Fsp3) is 0.357. The van der Waals surface area contributed by atoms with Crippen LogP contribution in [0.4, 0.5) is 79.0 Å². The zero-order chi connectivity index (χ0) is 56.6. The Morgan fingerprint density at radius 2 is 0.519 bits per heavy atom. The number of hydrogen-bond acceptors (Lipinski definition) is 1. The van der Waals surface area contributed by atoms with Crippen molar-refractivity contribution in [1.29, 1.82) is 0 Å². The van der Waals surface area contributed by atoms with Crippen LogP contribution in [0.1, 0.15) is 75.3 Å². The Hall–Kier alpha value is -5.55. The number of aryl methyl sites for hydroxylation is 2. The van der Waals surface area contributed by atoms with Gasteiger partial charge in [0.25, 0.3) is 16.6 Å². The zero-order valence-electron chi connectivity index (χ0n) is 40.9. The highest BCUT2D eigenvalue weighted by Crippen LogP contribution is 2.55. The SMILES string of the molecule is FC(F)(F)C(F)(F)C(F)(F)C(F)(F)CCCCCCc1ccccc1[Si](O[Si](c1ccccc1)(c1ccccc1)c1ccccc1CCCCCCC(F)(F)C(F)(F)C(F)(F)C(F)(F)F)(c1ccccc1)c1ccccc1. The topological polar surface area (TPSA) is 9.23 Å². The third-order valence-corrected chi connectivity index (χ3v) is 23.1. The summed E-state index contributed by atoms with van der Waals surface area (Å²) in [4.78, 5) is 0. The van der Waals surface area contributed by atoms with Gasteiger partial charge in [-0.15, -0.1) is 0 Å². The average molecular weight is 1140 g/mol. The number of rotatable bonds is 26. The van der Waals surface area contributed by atoms with Crippen molar-refractivity contribution < 1.29 is 83.1 Å². The maximum atomic E-state index is 14.4. The second kappa shape index (κ2) is 23.8. The summed E-state index contributed by atoms with van der Waals surface area (Å²) < 4.78 is 253. The fourth-order valence-corrected chi connectivity index (χ4v) is 20.7. The number of halogens is 18. The van der Waals surface area contributed by atoms with E-state index in [0.717, 1.165) is 42.2 Å². The Morgan fingerprint density at radius 3 is 0.792 bits per heavy atom. The minimum atomic E-state index is -6.98. The second-order valence-corrected chi connectivity index (χ2v) is 25.7. The fourth-order valence-electron chi connectivity index (χ4n) is 9.55. The summed E-state index contributed by atoms with van der Waals surface area (Å²) in [6.45, 7) is 0. The Balaban J connectivity index is 1.40. The van der Waals surface area contributed by atoms with Crippen molar-refractivity contribution in [3.8, 4) is 0 Å². The summed E-state index contributed by atoms with van der Waals surface area (Å²) in [5.74, 6) is -38.7. The monoisotopic (exact) mass is 1140 g/mol. The van der Waals surface area contributed by atoms with E-state index in [1.165, 1.54) is 0 Å². The first kappa shape index (κ1) is 60.7. The predicted octanol–water partition coefficient (Wildman–Crippen LogP) is 14.3. The molecule has 0 aromatic heterocycles. The lowest BCUT2D eigenvalue weighted by atomic mass is 9.97. The molecule has 0 unspecified atom stereocenters. The van der Waals surface area contributed by atoms with Crippen LogP contribution in [0.2, 0.25) is 0 Å². The summed E-state index contributed by atoms with van der Waals surface area (Å²) in [7, 11) is -7.95. The molecule has 0 saturated carbocycles. The van der Waals surface area contributed by atoms with Crippen molar-refractivity contribution in [1.82, 2.24) is 0 Å². The second-order valence-electron chi connectivity index (χ2n) is 18.8. The van der Waals surface area contributed by atoms with Gasteiger partial charge in [-0.05, 0) is 80.8 Å². The minimum absolute atomic E-state index is 0.0841. The highest BCUT2D eigenvalue weighted by molar-refractivity contribution is 7.18.